The van der Waals surface area contributed by atoms with E-state index in [1.54, 1.807) is 35.9 Å². The summed E-state index contributed by atoms with van der Waals surface area (Å²) in [6, 6.07) is 14.4. The van der Waals surface area contributed by atoms with E-state index < -0.39 is 6.04 Å². The molecule has 0 radical (unpaired) electrons. The Hall–Kier alpha value is -2.67. The first-order valence-corrected chi connectivity index (χ1v) is 10.8. The van der Waals surface area contributed by atoms with Gasteiger partial charge in [0.25, 0.3) is 0 Å². The highest BCUT2D eigenvalue weighted by atomic mass is 32.2. The fourth-order valence-corrected chi connectivity index (χ4v) is 4.88. The van der Waals surface area contributed by atoms with Crippen molar-refractivity contribution in [2.75, 3.05) is 24.7 Å². The van der Waals surface area contributed by atoms with Crippen LogP contribution in [0.2, 0.25) is 0 Å². The number of nitrogens with zero attached hydrogens (tertiary/aromatic N) is 1. The number of hydrogen-bond donors (Lipinski definition) is 2. The number of hydrogen-bond acceptors (Lipinski definition) is 4. The molecule has 0 aliphatic carbocycles. The minimum Gasteiger partial charge on any atom is -0.495 e. The molecule has 29 heavy (non-hydrogen) atoms. The molecule has 7 heteroatoms. The molecule has 1 fully saturated rings. The van der Waals surface area contributed by atoms with E-state index >= 15 is 0 Å². The summed E-state index contributed by atoms with van der Waals surface area (Å²) in [5.41, 5.74) is 2.71. The Labute approximate surface area is 176 Å². The molecular formula is C22H27N3O3S. The number of carbonyl (C=O) groups is 2. The van der Waals surface area contributed by atoms with Crippen LogP contribution in [0.15, 0.2) is 48.5 Å². The zero-order valence-electron chi connectivity index (χ0n) is 17.0. The van der Waals surface area contributed by atoms with Crippen LogP contribution < -0.4 is 15.4 Å². The van der Waals surface area contributed by atoms with E-state index in [1.807, 2.05) is 50.2 Å². The normalized spacial score (nSPS) is 18.4. The number of urea groups is 1. The maximum Gasteiger partial charge on any atom is 0.323 e. The van der Waals surface area contributed by atoms with Gasteiger partial charge in [-0.1, -0.05) is 43.3 Å². The van der Waals surface area contributed by atoms with Crippen LogP contribution in [0.25, 0.3) is 0 Å². The highest BCUT2D eigenvalue weighted by Crippen LogP contribution is 2.43. The van der Waals surface area contributed by atoms with Crippen LogP contribution in [0.4, 0.5) is 10.5 Å². The Kier molecular flexibility index (Phi) is 7.04. The zero-order chi connectivity index (χ0) is 20.8. The Bertz CT molecular complexity index is 874. The van der Waals surface area contributed by atoms with Gasteiger partial charge in [-0.25, -0.2) is 4.79 Å². The van der Waals surface area contributed by atoms with E-state index in [9.17, 15) is 9.59 Å². The van der Waals surface area contributed by atoms with Gasteiger partial charge in [0.1, 0.15) is 17.2 Å². The molecule has 1 aliphatic rings. The molecule has 2 aromatic rings. The Morgan fingerprint density at radius 1 is 1.17 bits per heavy atom. The number of anilines is 1. The summed E-state index contributed by atoms with van der Waals surface area (Å²) in [4.78, 5) is 27.8. The Morgan fingerprint density at radius 3 is 2.62 bits per heavy atom. The van der Waals surface area contributed by atoms with Gasteiger partial charge in [0.05, 0.1) is 12.8 Å². The van der Waals surface area contributed by atoms with Crippen molar-refractivity contribution < 1.29 is 14.3 Å². The number of amides is 3. The van der Waals surface area contributed by atoms with Crippen molar-refractivity contribution in [2.24, 2.45) is 0 Å². The number of para-hydroxylation sites is 2. The van der Waals surface area contributed by atoms with E-state index in [1.165, 1.54) is 0 Å². The van der Waals surface area contributed by atoms with Crippen LogP contribution in [0, 0.1) is 6.92 Å². The second kappa shape index (κ2) is 9.69. The molecule has 0 bridgehead atoms. The van der Waals surface area contributed by atoms with E-state index in [0.717, 1.165) is 17.5 Å². The number of carbonyl (C=O) groups excluding carboxylic acids is 2. The fourth-order valence-electron chi connectivity index (χ4n) is 3.35. The summed E-state index contributed by atoms with van der Waals surface area (Å²) in [6.45, 7) is 4.62. The van der Waals surface area contributed by atoms with Crippen LogP contribution in [-0.2, 0) is 4.79 Å². The van der Waals surface area contributed by atoms with Crippen LogP contribution in [0.5, 0.6) is 5.75 Å². The van der Waals surface area contributed by atoms with E-state index in [2.05, 4.69) is 10.6 Å². The smallest absolute Gasteiger partial charge is 0.323 e. The molecule has 1 heterocycles. The molecule has 0 aromatic heterocycles. The molecule has 2 atom stereocenters. The zero-order valence-corrected chi connectivity index (χ0v) is 17.8. The first-order valence-electron chi connectivity index (χ1n) is 9.74. The molecule has 2 aromatic carbocycles. The van der Waals surface area contributed by atoms with Crippen molar-refractivity contribution in [3.63, 3.8) is 0 Å². The third-order valence-corrected chi connectivity index (χ3v) is 6.19. The minimum absolute atomic E-state index is 0.120. The second-order valence-corrected chi connectivity index (χ2v) is 8.00. The molecule has 2 N–H and O–H groups in total. The van der Waals surface area contributed by atoms with Crippen LogP contribution in [0.3, 0.4) is 0 Å². The molecule has 1 aliphatic heterocycles. The van der Waals surface area contributed by atoms with Crippen molar-refractivity contribution in [2.45, 2.75) is 31.7 Å². The van der Waals surface area contributed by atoms with Gasteiger partial charge in [0.15, 0.2) is 0 Å². The van der Waals surface area contributed by atoms with Gasteiger partial charge >= 0.3 is 6.03 Å². The van der Waals surface area contributed by atoms with Gasteiger partial charge in [-0.3, -0.25) is 9.69 Å². The number of thioether (sulfide) groups is 1. The maximum atomic E-state index is 13.3. The summed E-state index contributed by atoms with van der Waals surface area (Å²) >= 11 is 1.61. The summed E-state index contributed by atoms with van der Waals surface area (Å²) in [5.74, 6) is 1.01. The average molecular weight is 414 g/mol. The lowest BCUT2D eigenvalue weighted by Crippen LogP contribution is -2.49. The predicted octanol–water partition coefficient (Wildman–Crippen LogP) is 4.18. The highest BCUT2D eigenvalue weighted by Gasteiger charge is 2.42. The number of ether oxygens (including phenoxy) is 1. The van der Waals surface area contributed by atoms with E-state index in [0.29, 0.717) is 23.7 Å². The quantitative estimate of drug-likeness (QED) is 0.745. The summed E-state index contributed by atoms with van der Waals surface area (Å²) < 4.78 is 5.35. The lowest BCUT2D eigenvalue weighted by Gasteiger charge is -2.30. The van der Waals surface area contributed by atoms with Gasteiger partial charge in [-0.2, -0.15) is 0 Å². The minimum atomic E-state index is -0.536. The maximum absolute atomic E-state index is 13.3. The summed E-state index contributed by atoms with van der Waals surface area (Å²) in [7, 11) is 1.56. The third-order valence-electron chi connectivity index (χ3n) is 4.89. The van der Waals surface area contributed by atoms with E-state index in [-0.39, 0.29) is 17.3 Å². The van der Waals surface area contributed by atoms with Gasteiger partial charge < -0.3 is 15.4 Å². The molecule has 3 rings (SSSR count). The molecule has 3 amide bonds. The number of benzene rings is 2. The SMILES string of the molecule is CCCNC(=O)[C@H]1CS[C@H](c2ccccc2C)N1C(=O)Nc1ccccc1OC. The lowest BCUT2D eigenvalue weighted by atomic mass is 10.1. The van der Waals surface area contributed by atoms with Crippen LogP contribution in [0.1, 0.15) is 29.8 Å². The van der Waals surface area contributed by atoms with Crippen molar-refractivity contribution >= 4 is 29.4 Å². The molecule has 0 unspecified atom stereocenters. The topological polar surface area (TPSA) is 70.7 Å². The lowest BCUT2D eigenvalue weighted by molar-refractivity contribution is -0.124. The average Bonchev–Trinajstić information content (AvgIpc) is 3.18. The highest BCUT2D eigenvalue weighted by molar-refractivity contribution is 7.99. The monoisotopic (exact) mass is 413 g/mol. The van der Waals surface area contributed by atoms with Crippen molar-refractivity contribution in [1.82, 2.24) is 10.2 Å². The third kappa shape index (κ3) is 4.67. The Balaban J connectivity index is 1.91. The number of nitrogens with one attached hydrogen (secondary N) is 2. The number of rotatable bonds is 6. The van der Waals surface area contributed by atoms with Crippen molar-refractivity contribution in [3.8, 4) is 5.75 Å². The van der Waals surface area contributed by atoms with Gasteiger partial charge in [-0.15, -0.1) is 11.8 Å². The van der Waals surface area contributed by atoms with Gasteiger partial charge in [-0.05, 0) is 36.6 Å². The molecule has 0 spiro atoms. The largest absolute Gasteiger partial charge is 0.495 e. The van der Waals surface area contributed by atoms with Crippen LogP contribution >= 0.6 is 11.8 Å². The fraction of sp³-hybridized carbons (Fsp3) is 0.364. The van der Waals surface area contributed by atoms with Gasteiger partial charge in [0, 0.05) is 12.3 Å². The van der Waals surface area contributed by atoms with Crippen LogP contribution in [-0.4, -0.2) is 42.3 Å². The van der Waals surface area contributed by atoms with Crippen molar-refractivity contribution in [1.29, 1.82) is 0 Å². The molecule has 6 nitrogen and oxygen atoms in total. The predicted molar refractivity (Wildman–Crippen MR) is 117 cm³/mol. The number of aryl methyl sites for hydroxylation is 1. The van der Waals surface area contributed by atoms with Gasteiger partial charge in [0.2, 0.25) is 5.91 Å². The molecule has 154 valence electrons. The van der Waals surface area contributed by atoms with E-state index in [4.69, 9.17) is 4.74 Å². The molecule has 1 saturated heterocycles. The summed E-state index contributed by atoms with van der Waals surface area (Å²) in [6.07, 6.45) is 0.847. The number of methoxy groups -OCH3 is 1. The standard InChI is InChI=1S/C22H27N3O3S/c1-4-13-23-20(26)18-14-29-21(16-10-6-5-9-15(16)2)25(18)22(27)24-17-11-7-8-12-19(17)28-3/h5-12,18,21H,4,13-14H2,1-3H3,(H,23,26)(H,24,27)/t18-,21-/m1/s1. The molecular weight excluding hydrogens is 386 g/mol. The summed E-state index contributed by atoms with van der Waals surface area (Å²) in [5, 5.41) is 5.63. The van der Waals surface area contributed by atoms with Crippen molar-refractivity contribution in [3.05, 3.63) is 59.7 Å². The Morgan fingerprint density at radius 2 is 1.90 bits per heavy atom. The molecule has 0 saturated carbocycles. The first kappa shape index (κ1) is 21.0. The second-order valence-electron chi connectivity index (χ2n) is 6.89. The first-order chi connectivity index (χ1) is 14.1.